The zero-order chi connectivity index (χ0) is 14.9. The Morgan fingerprint density at radius 3 is 2.77 bits per heavy atom. The highest BCUT2D eigenvalue weighted by molar-refractivity contribution is 7.15. The molecule has 22 heavy (non-hydrogen) atoms. The molecule has 0 saturated carbocycles. The molecule has 108 valence electrons. The lowest BCUT2D eigenvalue weighted by Gasteiger charge is -1.96. The summed E-state index contributed by atoms with van der Waals surface area (Å²) in [7, 11) is 0. The van der Waals surface area contributed by atoms with Crippen molar-refractivity contribution in [3.63, 3.8) is 0 Å². The van der Waals surface area contributed by atoms with Gasteiger partial charge in [-0.05, 0) is 12.1 Å². The van der Waals surface area contributed by atoms with E-state index in [1.165, 1.54) is 6.33 Å². The Balaban J connectivity index is 1.78. The fraction of sp³-hybridized carbons (Fsp3) is 0.0714. The number of nitrogens with zero attached hydrogens (tertiary/aromatic N) is 6. The van der Waals surface area contributed by atoms with Gasteiger partial charge in [0.1, 0.15) is 11.3 Å². The van der Waals surface area contributed by atoms with Crippen molar-refractivity contribution in [1.29, 1.82) is 0 Å². The zero-order valence-electron chi connectivity index (χ0n) is 11.2. The van der Waals surface area contributed by atoms with Crippen LogP contribution in [0, 0.1) is 0 Å². The number of aromatic nitrogens is 6. The molecule has 0 fully saturated rings. The summed E-state index contributed by atoms with van der Waals surface area (Å²) in [5.41, 5.74) is 2.53. The normalized spacial score (nSPS) is 11.1. The van der Waals surface area contributed by atoms with Gasteiger partial charge in [-0.15, -0.1) is 28.0 Å². The molecule has 0 bridgehead atoms. The highest BCUT2D eigenvalue weighted by atomic mass is 35.5. The average Bonchev–Trinajstić information content (AvgIpc) is 3.21. The smallest absolute Gasteiger partial charge is 0.185 e. The van der Waals surface area contributed by atoms with Crippen LogP contribution in [0.2, 0.25) is 0 Å². The second-order valence-electron chi connectivity index (χ2n) is 4.55. The Hall–Kier alpha value is -2.38. The van der Waals surface area contributed by atoms with Crippen LogP contribution in [-0.4, -0.2) is 29.5 Å². The Morgan fingerprint density at radius 1 is 1.14 bits per heavy atom. The molecule has 4 heterocycles. The summed E-state index contributed by atoms with van der Waals surface area (Å²) in [6.45, 7) is 0. The number of thiazole rings is 1. The molecule has 0 aliphatic heterocycles. The van der Waals surface area contributed by atoms with E-state index in [9.17, 15) is 0 Å². The van der Waals surface area contributed by atoms with Gasteiger partial charge in [-0.2, -0.15) is 0 Å². The number of alkyl halides is 1. The molecule has 0 radical (unpaired) electrons. The van der Waals surface area contributed by atoms with Crippen LogP contribution in [0.1, 0.15) is 4.88 Å². The van der Waals surface area contributed by atoms with Crippen LogP contribution < -0.4 is 0 Å². The molecule has 4 aromatic heterocycles. The van der Waals surface area contributed by atoms with E-state index in [4.69, 9.17) is 11.6 Å². The molecule has 0 unspecified atom stereocenters. The fourth-order valence-electron chi connectivity index (χ4n) is 2.05. The van der Waals surface area contributed by atoms with Gasteiger partial charge in [0.2, 0.25) is 0 Å². The van der Waals surface area contributed by atoms with Crippen LogP contribution in [-0.2, 0) is 5.88 Å². The predicted molar refractivity (Wildman–Crippen MR) is 84.7 cm³/mol. The van der Waals surface area contributed by atoms with E-state index in [1.807, 2.05) is 18.3 Å². The maximum atomic E-state index is 5.83. The summed E-state index contributed by atoms with van der Waals surface area (Å²) in [6.07, 6.45) is 8.53. The van der Waals surface area contributed by atoms with E-state index in [-0.39, 0.29) is 0 Å². The summed E-state index contributed by atoms with van der Waals surface area (Å²) >= 11 is 7.40. The molecular weight excluding hydrogens is 320 g/mol. The number of halogens is 1. The molecule has 0 aliphatic rings. The zero-order valence-corrected chi connectivity index (χ0v) is 12.8. The predicted octanol–water partition coefficient (Wildman–Crippen LogP) is 3.05. The number of fused-ring (bicyclic) bond motifs is 1. The lowest BCUT2D eigenvalue weighted by Crippen LogP contribution is -1.88. The molecule has 0 spiro atoms. The lowest BCUT2D eigenvalue weighted by atomic mass is 10.3. The van der Waals surface area contributed by atoms with Crippen molar-refractivity contribution in [2.45, 2.75) is 5.88 Å². The van der Waals surface area contributed by atoms with Crippen molar-refractivity contribution >= 4 is 28.6 Å². The van der Waals surface area contributed by atoms with Gasteiger partial charge >= 0.3 is 0 Å². The van der Waals surface area contributed by atoms with Crippen LogP contribution in [0.3, 0.4) is 0 Å². The van der Waals surface area contributed by atoms with Gasteiger partial charge in [0, 0.05) is 35.2 Å². The lowest BCUT2D eigenvalue weighted by molar-refractivity contribution is 0.964. The van der Waals surface area contributed by atoms with Gasteiger partial charge in [0.25, 0.3) is 0 Å². The fourth-order valence-corrected chi connectivity index (χ4v) is 3.05. The third-order valence-electron chi connectivity index (χ3n) is 3.09. The van der Waals surface area contributed by atoms with Gasteiger partial charge in [0.05, 0.1) is 11.4 Å². The standard InChI is InChI=1S/C14H9ClN6S/c15-4-11-7-18-14(22-11)9-1-2-21-12(3-9)19-13(20-21)10-5-16-8-17-6-10/h1-3,5-8H,4H2. The Morgan fingerprint density at radius 2 is 2.00 bits per heavy atom. The van der Waals surface area contributed by atoms with Gasteiger partial charge < -0.3 is 0 Å². The molecule has 0 aliphatic carbocycles. The molecule has 4 aromatic rings. The molecule has 0 atom stereocenters. The minimum absolute atomic E-state index is 0.475. The quantitative estimate of drug-likeness (QED) is 0.541. The summed E-state index contributed by atoms with van der Waals surface area (Å²) in [4.78, 5) is 17.9. The molecule has 4 rings (SSSR count). The van der Waals surface area contributed by atoms with E-state index in [2.05, 4.69) is 25.0 Å². The van der Waals surface area contributed by atoms with E-state index in [0.29, 0.717) is 11.7 Å². The van der Waals surface area contributed by atoms with E-state index in [1.54, 1.807) is 34.4 Å². The van der Waals surface area contributed by atoms with Crippen LogP contribution in [0.25, 0.3) is 27.6 Å². The molecular formula is C14H9ClN6S. The first-order valence-electron chi connectivity index (χ1n) is 6.46. The van der Waals surface area contributed by atoms with Crippen LogP contribution >= 0.6 is 22.9 Å². The molecule has 8 heteroatoms. The van der Waals surface area contributed by atoms with Crippen molar-refractivity contribution in [3.8, 4) is 22.0 Å². The largest absolute Gasteiger partial charge is 0.244 e. The van der Waals surface area contributed by atoms with Gasteiger partial charge in [-0.25, -0.2) is 24.5 Å². The monoisotopic (exact) mass is 328 g/mol. The van der Waals surface area contributed by atoms with E-state index < -0.39 is 0 Å². The average molecular weight is 329 g/mol. The number of hydrogen-bond donors (Lipinski definition) is 0. The highest BCUT2D eigenvalue weighted by Gasteiger charge is 2.10. The number of rotatable bonds is 3. The van der Waals surface area contributed by atoms with Crippen LogP contribution in [0.15, 0.2) is 43.2 Å². The first-order chi connectivity index (χ1) is 10.8. The first-order valence-corrected chi connectivity index (χ1v) is 7.81. The number of hydrogen-bond acceptors (Lipinski definition) is 6. The highest BCUT2D eigenvalue weighted by Crippen LogP contribution is 2.27. The third kappa shape index (κ3) is 2.34. The molecule has 0 N–H and O–H groups in total. The van der Waals surface area contributed by atoms with E-state index in [0.717, 1.165) is 26.7 Å². The second-order valence-corrected chi connectivity index (χ2v) is 5.93. The third-order valence-corrected chi connectivity index (χ3v) is 4.58. The van der Waals surface area contributed by atoms with Crippen molar-refractivity contribution < 1.29 is 0 Å². The minimum Gasteiger partial charge on any atom is -0.244 e. The molecule has 0 amide bonds. The minimum atomic E-state index is 0.475. The van der Waals surface area contributed by atoms with Crippen molar-refractivity contribution in [2.75, 3.05) is 0 Å². The Labute approximate surface area is 134 Å². The van der Waals surface area contributed by atoms with Crippen molar-refractivity contribution in [1.82, 2.24) is 29.5 Å². The van der Waals surface area contributed by atoms with Crippen molar-refractivity contribution in [2.24, 2.45) is 0 Å². The topological polar surface area (TPSA) is 68.9 Å². The maximum Gasteiger partial charge on any atom is 0.185 e. The molecule has 6 nitrogen and oxygen atoms in total. The van der Waals surface area contributed by atoms with E-state index >= 15 is 0 Å². The van der Waals surface area contributed by atoms with Gasteiger partial charge in [-0.3, -0.25) is 0 Å². The van der Waals surface area contributed by atoms with Crippen molar-refractivity contribution in [3.05, 3.63) is 48.1 Å². The summed E-state index contributed by atoms with van der Waals surface area (Å²) in [6, 6.07) is 3.92. The Kier molecular flexibility index (Phi) is 3.28. The van der Waals surface area contributed by atoms with Gasteiger partial charge in [-0.1, -0.05) is 0 Å². The molecule has 0 saturated heterocycles. The van der Waals surface area contributed by atoms with Crippen LogP contribution in [0.5, 0.6) is 0 Å². The summed E-state index contributed by atoms with van der Waals surface area (Å²) in [5, 5.41) is 5.35. The summed E-state index contributed by atoms with van der Waals surface area (Å²) in [5.74, 6) is 1.07. The number of pyridine rings is 1. The second kappa shape index (κ2) is 5.43. The molecule has 0 aromatic carbocycles. The summed E-state index contributed by atoms with van der Waals surface area (Å²) < 4.78 is 1.72. The van der Waals surface area contributed by atoms with Gasteiger partial charge in [0.15, 0.2) is 11.5 Å². The SMILES string of the molecule is ClCc1cnc(-c2ccn3nc(-c4cncnc4)nc3c2)s1. The maximum absolute atomic E-state index is 5.83. The Bertz CT molecular complexity index is 933. The first kappa shape index (κ1) is 13.3. The van der Waals surface area contributed by atoms with Crippen LogP contribution in [0.4, 0.5) is 0 Å².